The second-order valence-electron chi connectivity index (χ2n) is 9.06. The number of hydrogen-bond donors (Lipinski definition) is 0. The van der Waals surface area contributed by atoms with Crippen LogP contribution in [0, 0.1) is 0 Å². The lowest BCUT2D eigenvalue weighted by atomic mass is 10.00. The first-order chi connectivity index (χ1) is 15.6. The average Bonchev–Trinajstić information content (AvgIpc) is 3.18. The normalized spacial score (nSPS) is 14.9. The van der Waals surface area contributed by atoms with E-state index in [4.69, 9.17) is 9.47 Å². The van der Waals surface area contributed by atoms with Gasteiger partial charge in [0.05, 0.1) is 11.7 Å². The van der Waals surface area contributed by atoms with E-state index < -0.39 is 18.3 Å². The zero-order valence-electron chi connectivity index (χ0n) is 18.7. The van der Waals surface area contributed by atoms with Crippen molar-refractivity contribution in [3.05, 3.63) is 59.3 Å². The Morgan fingerprint density at radius 1 is 1.12 bits per heavy atom. The quantitative estimate of drug-likeness (QED) is 0.493. The van der Waals surface area contributed by atoms with E-state index in [2.05, 4.69) is 5.10 Å². The third-order valence-electron chi connectivity index (χ3n) is 5.35. The number of amides is 1. The first-order valence-corrected chi connectivity index (χ1v) is 10.7. The summed E-state index contributed by atoms with van der Waals surface area (Å²) in [6, 6.07) is 10.8. The Kier molecular flexibility index (Phi) is 6.23. The van der Waals surface area contributed by atoms with Crippen molar-refractivity contribution in [3.63, 3.8) is 0 Å². The van der Waals surface area contributed by atoms with Crippen LogP contribution in [0.2, 0.25) is 0 Å². The minimum atomic E-state index is -3.16. The van der Waals surface area contributed by atoms with E-state index in [1.54, 1.807) is 23.1 Å². The molecule has 1 atom stereocenters. The summed E-state index contributed by atoms with van der Waals surface area (Å²) < 4.78 is 51.5. The van der Waals surface area contributed by atoms with Crippen LogP contribution in [-0.4, -0.2) is 39.3 Å². The molecule has 0 spiro atoms. The Morgan fingerprint density at radius 3 is 2.64 bits per heavy atom. The molecule has 0 aliphatic carbocycles. The number of carbonyl (C=O) groups is 1. The highest BCUT2D eigenvalue weighted by Crippen LogP contribution is 2.27. The van der Waals surface area contributed by atoms with Crippen molar-refractivity contribution in [1.82, 2.24) is 14.7 Å². The number of fused-ring (bicyclic) bond motifs is 2. The predicted octanol–water partition coefficient (Wildman–Crippen LogP) is 5.64. The molecule has 3 aromatic rings. The van der Waals surface area contributed by atoms with E-state index in [1.165, 1.54) is 6.20 Å². The maximum atomic E-state index is 13.8. The van der Waals surface area contributed by atoms with Crippen LogP contribution >= 0.6 is 0 Å². The van der Waals surface area contributed by atoms with E-state index in [0.29, 0.717) is 34.5 Å². The fourth-order valence-corrected chi connectivity index (χ4v) is 3.75. The fraction of sp³-hybridized carbons (Fsp3) is 0.417. The van der Waals surface area contributed by atoms with Crippen molar-refractivity contribution in [2.24, 2.45) is 0 Å². The predicted molar refractivity (Wildman–Crippen MR) is 117 cm³/mol. The number of benzene rings is 2. The zero-order valence-corrected chi connectivity index (χ0v) is 18.7. The van der Waals surface area contributed by atoms with Crippen LogP contribution in [0.5, 0.6) is 5.75 Å². The summed E-state index contributed by atoms with van der Waals surface area (Å²) in [6.45, 7) is 6.68. The van der Waals surface area contributed by atoms with Crippen LogP contribution in [0.1, 0.15) is 43.8 Å². The number of alkyl halides is 3. The molecule has 2 aromatic carbocycles. The van der Waals surface area contributed by atoms with E-state index in [0.717, 1.165) is 17.5 Å². The third kappa shape index (κ3) is 5.23. The van der Waals surface area contributed by atoms with Gasteiger partial charge in [-0.3, -0.25) is 0 Å². The molecule has 9 heteroatoms. The summed E-state index contributed by atoms with van der Waals surface area (Å²) in [6.07, 6.45) is -3.94. The molecule has 1 aliphatic rings. The molecule has 0 radical (unpaired) electrons. The summed E-state index contributed by atoms with van der Waals surface area (Å²) in [5.41, 5.74) is 2.54. The van der Waals surface area contributed by atoms with Gasteiger partial charge in [0.25, 0.3) is 12.7 Å². The van der Waals surface area contributed by atoms with Gasteiger partial charge in [-0.25, -0.2) is 22.6 Å². The Labute approximate surface area is 189 Å². The molecule has 1 unspecified atom stereocenters. The van der Waals surface area contributed by atoms with E-state index in [1.807, 2.05) is 39.0 Å². The van der Waals surface area contributed by atoms with Gasteiger partial charge in [0, 0.05) is 18.5 Å². The number of nitrogens with zero attached hydrogens (tertiary/aromatic N) is 3. The molecule has 0 bridgehead atoms. The summed E-state index contributed by atoms with van der Waals surface area (Å²) >= 11 is 0. The van der Waals surface area contributed by atoms with Gasteiger partial charge in [0.15, 0.2) is 0 Å². The molecular weight excluding hydrogens is 435 g/mol. The molecule has 33 heavy (non-hydrogen) atoms. The first-order valence-electron chi connectivity index (χ1n) is 10.7. The lowest BCUT2D eigenvalue weighted by molar-refractivity contribution is 0.00342. The largest absolute Gasteiger partial charge is 0.489 e. The van der Waals surface area contributed by atoms with Crippen LogP contribution in [0.4, 0.5) is 18.0 Å². The summed E-state index contributed by atoms with van der Waals surface area (Å²) in [5.74, 6) is 0.615. The summed E-state index contributed by atoms with van der Waals surface area (Å²) in [5, 5.41) is 4.31. The smallest absolute Gasteiger partial charge is 0.410 e. The molecule has 2 heterocycles. The van der Waals surface area contributed by atoms with Crippen LogP contribution in [0.25, 0.3) is 10.9 Å². The molecule has 176 valence electrons. The topological polar surface area (TPSA) is 56.6 Å². The van der Waals surface area contributed by atoms with Gasteiger partial charge in [-0.1, -0.05) is 18.2 Å². The van der Waals surface area contributed by atoms with Gasteiger partial charge in [-0.15, -0.1) is 0 Å². The number of aromatic nitrogens is 2. The molecule has 0 saturated carbocycles. The van der Waals surface area contributed by atoms with Crippen LogP contribution < -0.4 is 4.74 Å². The minimum Gasteiger partial charge on any atom is -0.489 e. The monoisotopic (exact) mass is 461 g/mol. The highest BCUT2D eigenvalue weighted by Gasteiger charge is 2.26. The summed E-state index contributed by atoms with van der Waals surface area (Å²) in [7, 11) is 0. The molecular formula is C24H26F3N3O3. The summed E-state index contributed by atoms with van der Waals surface area (Å²) in [4.78, 5) is 14.1. The zero-order chi connectivity index (χ0) is 23.8. The van der Waals surface area contributed by atoms with Crippen LogP contribution in [0.15, 0.2) is 42.6 Å². The standard InChI is InChI=1S/C24H26F3N3O3/c1-24(2,3)33-23(31)29-9-8-16-6-7-19(11-18(16)13-29)32-14-15-4-5-17-12-28-30(20(17)10-15)22(27)21(25)26/h4-7,10-12,21-22H,8-9,13-14H2,1-3H3. The Balaban J connectivity index is 1.46. The minimum absolute atomic E-state index is 0.168. The number of halogens is 3. The SMILES string of the molecule is CC(C)(C)OC(=O)N1CCc2ccc(OCc3ccc4cnn(C(F)C(F)F)c4c3)cc2C1. The Morgan fingerprint density at radius 2 is 1.91 bits per heavy atom. The van der Waals surface area contributed by atoms with E-state index >= 15 is 0 Å². The van der Waals surface area contributed by atoms with Crippen molar-refractivity contribution in [3.8, 4) is 5.75 Å². The number of hydrogen-bond acceptors (Lipinski definition) is 4. The number of ether oxygens (including phenoxy) is 2. The Hall–Kier alpha value is -3.23. The van der Waals surface area contributed by atoms with E-state index in [9.17, 15) is 18.0 Å². The molecule has 0 N–H and O–H groups in total. The molecule has 0 fully saturated rings. The van der Waals surface area contributed by atoms with Gasteiger partial charge in [0.2, 0.25) is 0 Å². The van der Waals surface area contributed by atoms with Gasteiger partial charge in [0.1, 0.15) is 18.0 Å². The highest BCUT2D eigenvalue weighted by molar-refractivity contribution is 5.79. The molecule has 1 amide bonds. The second kappa shape index (κ2) is 8.96. The maximum Gasteiger partial charge on any atom is 0.410 e. The van der Waals surface area contributed by atoms with Crippen LogP contribution in [0.3, 0.4) is 0 Å². The van der Waals surface area contributed by atoms with Crippen molar-refractivity contribution < 1.29 is 27.4 Å². The van der Waals surface area contributed by atoms with Gasteiger partial charge in [-0.05, 0) is 62.1 Å². The molecule has 1 aromatic heterocycles. The molecule has 0 saturated heterocycles. The highest BCUT2D eigenvalue weighted by atomic mass is 19.3. The number of rotatable bonds is 5. The average molecular weight is 461 g/mol. The van der Waals surface area contributed by atoms with Crippen molar-refractivity contribution in [2.45, 2.75) is 58.7 Å². The molecule has 4 rings (SSSR count). The molecule has 1 aliphatic heterocycles. The fourth-order valence-electron chi connectivity index (χ4n) is 3.75. The van der Waals surface area contributed by atoms with Crippen molar-refractivity contribution in [1.29, 1.82) is 0 Å². The van der Waals surface area contributed by atoms with Crippen molar-refractivity contribution in [2.75, 3.05) is 6.54 Å². The first kappa shape index (κ1) is 22.9. The van der Waals surface area contributed by atoms with Crippen molar-refractivity contribution >= 4 is 17.0 Å². The maximum absolute atomic E-state index is 13.8. The van der Waals surface area contributed by atoms with E-state index in [-0.39, 0.29) is 18.2 Å². The van der Waals surface area contributed by atoms with Gasteiger partial charge >= 0.3 is 6.09 Å². The van der Waals surface area contributed by atoms with Gasteiger partial charge < -0.3 is 14.4 Å². The Bertz CT molecular complexity index is 1160. The lowest BCUT2D eigenvalue weighted by Gasteiger charge is -2.31. The third-order valence-corrected chi connectivity index (χ3v) is 5.35. The molecule has 6 nitrogen and oxygen atoms in total. The number of carbonyl (C=O) groups excluding carboxylic acids is 1. The second-order valence-corrected chi connectivity index (χ2v) is 9.06. The lowest BCUT2D eigenvalue weighted by Crippen LogP contribution is -2.39. The van der Waals surface area contributed by atoms with Gasteiger partial charge in [-0.2, -0.15) is 5.10 Å². The van der Waals surface area contributed by atoms with Crippen LogP contribution in [-0.2, 0) is 24.3 Å².